The van der Waals surface area contributed by atoms with Crippen LogP contribution in [0.3, 0.4) is 0 Å². The molecular weight excluding hydrogens is 414 g/mol. The van der Waals surface area contributed by atoms with E-state index in [0.717, 1.165) is 23.6 Å². The Morgan fingerprint density at radius 1 is 1.10 bits per heavy atom. The molecule has 3 rings (SSSR count). The quantitative estimate of drug-likeness (QED) is 0.621. The summed E-state index contributed by atoms with van der Waals surface area (Å²) in [6.07, 6.45) is 1.01. The summed E-state index contributed by atoms with van der Waals surface area (Å²) in [7, 11) is 1.61. The molecule has 0 spiro atoms. The smallest absolute Gasteiger partial charge is 0.242 e. The van der Waals surface area contributed by atoms with Crippen LogP contribution in [0, 0.1) is 0 Å². The van der Waals surface area contributed by atoms with Crippen LogP contribution in [0.5, 0.6) is 11.5 Å². The fourth-order valence-electron chi connectivity index (χ4n) is 3.02. The van der Waals surface area contributed by atoms with E-state index < -0.39 is 5.25 Å². The molecule has 2 amide bonds. The second-order valence-electron chi connectivity index (χ2n) is 6.91. The minimum absolute atomic E-state index is 0.0791. The van der Waals surface area contributed by atoms with Crippen molar-refractivity contribution in [1.29, 1.82) is 0 Å². The van der Waals surface area contributed by atoms with Gasteiger partial charge in [0.2, 0.25) is 11.8 Å². The first kappa shape index (κ1) is 22.7. The third-order valence-corrected chi connectivity index (χ3v) is 5.79. The van der Waals surface area contributed by atoms with Crippen molar-refractivity contribution >= 4 is 40.1 Å². The molecule has 0 aromatic heterocycles. The lowest BCUT2D eigenvalue weighted by atomic mass is 10.2. The molecule has 0 radical (unpaired) electrons. The minimum atomic E-state index is -0.496. The van der Waals surface area contributed by atoms with E-state index >= 15 is 0 Å². The highest BCUT2D eigenvalue weighted by Crippen LogP contribution is 2.32. The maximum Gasteiger partial charge on any atom is 0.242 e. The zero-order valence-electron chi connectivity index (χ0n) is 18.0. The Hall–Kier alpha value is -3.00. The monoisotopic (exact) mass is 441 g/mol. The van der Waals surface area contributed by atoms with Crippen LogP contribution in [0.15, 0.2) is 53.5 Å². The number of aliphatic imine (C=N–C) groups is 1. The van der Waals surface area contributed by atoms with Crippen molar-refractivity contribution in [3.05, 3.63) is 48.5 Å². The van der Waals surface area contributed by atoms with E-state index in [9.17, 15) is 9.59 Å². The summed E-state index contributed by atoms with van der Waals surface area (Å²) < 4.78 is 10.7. The van der Waals surface area contributed by atoms with Crippen molar-refractivity contribution in [1.82, 2.24) is 4.90 Å². The van der Waals surface area contributed by atoms with Gasteiger partial charge in [-0.15, -0.1) is 0 Å². The highest BCUT2D eigenvalue weighted by molar-refractivity contribution is 8.15. The third kappa shape index (κ3) is 6.01. The number of anilines is 1. The molecule has 164 valence electrons. The molecule has 1 atom stereocenters. The number of carbonyl (C=O) groups is 2. The van der Waals surface area contributed by atoms with Crippen LogP contribution < -0.4 is 14.8 Å². The van der Waals surface area contributed by atoms with E-state index in [2.05, 4.69) is 10.3 Å². The summed E-state index contributed by atoms with van der Waals surface area (Å²) in [5.41, 5.74) is 1.40. The van der Waals surface area contributed by atoms with Crippen LogP contribution >= 0.6 is 11.8 Å². The molecular formula is C23H27N3O4S. The van der Waals surface area contributed by atoms with E-state index in [0.29, 0.717) is 24.0 Å². The molecule has 31 heavy (non-hydrogen) atoms. The van der Waals surface area contributed by atoms with E-state index in [-0.39, 0.29) is 18.2 Å². The molecule has 1 fully saturated rings. The predicted molar refractivity (Wildman–Crippen MR) is 124 cm³/mol. The van der Waals surface area contributed by atoms with Crippen molar-refractivity contribution in [2.45, 2.75) is 31.9 Å². The number of amidine groups is 1. The van der Waals surface area contributed by atoms with E-state index in [1.807, 2.05) is 50.2 Å². The number of thioether (sulfide) groups is 1. The molecule has 0 saturated carbocycles. The number of rotatable bonds is 9. The number of ether oxygens (including phenoxy) is 2. The fraction of sp³-hybridized carbons (Fsp3) is 0.348. The topological polar surface area (TPSA) is 80.2 Å². The van der Waals surface area contributed by atoms with Gasteiger partial charge >= 0.3 is 0 Å². The molecule has 2 aromatic rings. The maximum atomic E-state index is 12.8. The average molecular weight is 442 g/mol. The van der Waals surface area contributed by atoms with Crippen molar-refractivity contribution in [2.75, 3.05) is 25.6 Å². The second kappa shape index (κ2) is 10.9. The van der Waals surface area contributed by atoms with E-state index in [1.165, 1.54) is 11.8 Å². The lowest BCUT2D eigenvalue weighted by Crippen LogP contribution is -2.33. The Labute approximate surface area is 186 Å². The highest BCUT2D eigenvalue weighted by atomic mass is 32.2. The first-order valence-corrected chi connectivity index (χ1v) is 11.2. The van der Waals surface area contributed by atoms with Gasteiger partial charge in [-0.3, -0.25) is 14.5 Å². The lowest BCUT2D eigenvalue weighted by Gasteiger charge is -2.13. The second-order valence-corrected chi connectivity index (χ2v) is 8.08. The molecule has 1 heterocycles. The standard InChI is InChI=1S/C23H27N3O4S/c1-4-14-30-19-12-8-16(9-13-19)24-21(27)15-20-22(28)26(5-2)23(31-20)25-17-6-10-18(29-3)11-7-17/h6-13,20H,4-5,14-15H2,1-3H3,(H,24,27)/t20-/m0/s1. The molecule has 2 aromatic carbocycles. The van der Waals surface area contributed by atoms with Gasteiger partial charge in [-0.1, -0.05) is 18.7 Å². The summed E-state index contributed by atoms with van der Waals surface area (Å²) in [6, 6.07) is 14.5. The first-order chi connectivity index (χ1) is 15.0. The summed E-state index contributed by atoms with van der Waals surface area (Å²) in [4.78, 5) is 31.5. The number of nitrogens with zero attached hydrogens (tertiary/aromatic N) is 2. The van der Waals surface area contributed by atoms with Gasteiger partial charge in [0.25, 0.3) is 0 Å². The number of hydrogen-bond acceptors (Lipinski definition) is 6. The number of hydrogen-bond donors (Lipinski definition) is 1. The lowest BCUT2D eigenvalue weighted by molar-refractivity contribution is -0.128. The summed E-state index contributed by atoms with van der Waals surface area (Å²) in [5, 5.41) is 2.96. The number of benzene rings is 2. The first-order valence-electron chi connectivity index (χ1n) is 10.3. The van der Waals surface area contributed by atoms with Gasteiger partial charge in [-0.2, -0.15) is 0 Å². The predicted octanol–water partition coefficient (Wildman–Crippen LogP) is 4.46. The number of carbonyl (C=O) groups excluding carboxylic acids is 2. The Morgan fingerprint density at radius 3 is 2.39 bits per heavy atom. The molecule has 0 aliphatic carbocycles. The average Bonchev–Trinajstić information content (AvgIpc) is 3.07. The normalized spacial score (nSPS) is 17.1. The molecule has 1 aliphatic rings. The molecule has 0 unspecified atom stereocenters. The summed E-state index contributed by atoms with van der Waals surface area (Å²) >= 11 is 1.32. The third-order valence-electron chi connectivity index (χ3n) is 4.62. The van der Waals surface area contributed by atoms with Crippen molar-refractivity contribution in [3.8, 4) is 11.5 Å². The van der Waals surface area contributed by atoms with Crippen LogP contribution in [0.4, 0.5) is 11.4 Å². The molecule has 1 N–H and O–H groups in total. The molecule has 7 nitrogen and oxygen atoms in total. The Morgan fingerprint density at radius 2 is 1.77 bits per heavy atom. The fourth-order valence-corrected chi connectivity index (χ4v) is 4.24. The van der Waals surface area contributed by atoms with Crippen LogP contribution in [0.2, 0.25) is 0 Å². The summed E-state index contributed by atoms with van der Waals surface area (Å²) in [5.74, 6) is 1.19. The van der Waals surface area contributed by atoms with E-state index in [1.54, 1.807) is 24.1 Å². The van der Waals surface area contributed by atoms with Crippen molar-refractivity contribution < 1.29 is 19.1 Å². The molecule has 1 saturated heterocycles. The van der Waals surface area contributed by atoms with Crippen molar-refractivity contribution in [3.63, 3.8) is 0 Å². The molecule has 1 aliphatic heterocycles. The van der Waals surface area contributed by atoms with Gasteiger partial charge in [0.05, 0.1) is 19.4 Å². The van der Waals surface area contributed by atoms with Gasteiger partial charge < -0.3 is 14.8 Å². The number of amides is 2. The van der Waals surface area contributed by atoms with Crippen LogP contribution in [0.1, 0.15) is 26.7 Å². The zero-order chi connectivity index (χ0) is 22.2. The van der Waals surface area contributed by atoms with Crippen molar-refractivity contribution in [2.24, 2.45) is 4.99 Å². The number of nitrogens with one attached hydrogen (secondary N) is 1. The van der Waals surface area contributed by atoms with Crippen LogP contribution in [-0.4, -0.2) is 47.4 Å². The Balaban J connectivity index is 1.62. The van der Waals surface area contributed by atoms with Gasteiger partial charge in [0.15, 0.2) is 5.17 Å². The minimum Gasteiger partial charge on any atom is -0.497 e. The molecule has 8 heteroatoms. The van der Waals surface area contributed by atoms with Gasteiger partial charge in [0.1, 0.15) is 16.7 Å². The number of methoxy groups -OCH3 is 1. The van der Waals surface area contributed by atoms with Gasteiger partial charge in [-0.25, -0.2) is 4.99 Å². The highest BCUT2D eigenvalue weighted by Gasteiger charge is 2.38. The Bertz CT molecular complexity index is 929. The maximum absolute atomic E-state index is 12.8. The van der Waals surface area contributed by atoms with Crippen LogP contribution in [0.25, 0.3) is 0 Å². The van der Waals surface area contributed by atoms with E-state index in [4.69, 9.17) is 9.47 Å². The van der Waals surface area contributed by atoms with Gasteiger partial charge in [-0.05, 0) is 61.9 Å². The SMILES string of the molecule is CCCOc1ccc(NC(=O)C[C@@H]2SC(=Nc3ccc(OC)cc3)N(CC)C2=O)cc1. The summed E-state index contributed by atoms with van der Waals surface area (Å²) in [6.45, 7) is 5.09. The molecule has 0 bridgehead atoms. The Kier molecular flexibility index (Phi) is 7.94. The van der Waals surface area contributed by atoms with Gasteiger partial charge in [0, 0.05) is 18.7 Å². The largest absolute Gasteiger partial charge is 0.497 e. The zero-order valence-corrected chi connectivity index (χ0v) is 18.8. The van der Waals surface area contributed by atoms with Crippen LogP contribution in [-0.2, 0) is 9.59 Å².